The molecule has 0 heterocycles. The van der Waals surface area contributed by atoms with Gasteiger partial charge in [0.1, 0.15) is 5.60 Å². The fourth-order valence-corrected chi connectivity index (χ4v) is 5.39. The summed E-state index contributed by atoms with van der Waals surface area (Å²) in [5, 5.41) is 0. The zero-order valence-electron chi connectivity index (χ0n) is 8.83. The molecule has 0 aromatic heterocycles. The van der Waals surface area contributed by atoms with Crippen molar-refractivity contribution in [3.8, 4) is 0 Å². The van der Waals surface area contributed by atoms with E-state index in [4.69, 9.17) is 4.74 Å². The molecule has 4 saturated carbocycles. The Morgan fingerprint density at radius 2 is 1.81 bits per heavy atom. The van der Waals surface area contributed by atoms with Crippen LogP contribution in [0.4, 0.5) is 4.79 Å². The van der Waals surface area contributed by atoms with Crippen molar-refractivity contribution >= 4 is 51.8 Å². The van der Waals surface area contributed by atoms with Crippen molar-refractivity contribution in [1.29, 1.82) is 0 Å². The molecule has 4 rings (SSSR count). The monoisotopic (exact) mass is 448 g/mol. The van der Waals surface area contributed by atoms with E-state index in [-0.39, 0.29) is 5.60 Å². The Balaban J connectivity index is 1.80. The smallest absolute Gasteiger partial charge is 0.427 e. The highest BCUT2D eigenvalue weighted by Crippen LogP contribution is 2.59. The highest BCUT2D eigenvalue weighted by molar-refractivity contribution is 14.1. The van der Waals surface area contributed by atoms with E-state index in [2.05, 4.69) is 25.7 Å². The number of rotatable bonds is 1. The molecule has 4 fully saturated rings. The number of carbonyl (C=O) groups is 1. The number of carbonyl (C=O) groups excluding carboxylic acids is 1. The molecule has 0 aromatic rings. The fraction of sp³-hybridized carbons (Fsp3) is 0.909. The van der Waals surface area contributed by atoms with E-state index in [0.29, 0.717) is 0 Å². The lowest BCUT2D eigenvalue weighted by Gasteiger charge is -2.57. The normalized spacial score (nSPS) is 49.1. The summed E-state index contributed by atoms with van der Waals surface area (Å²) < 4.78 is 11.0. The second-order valence-electron chi connectivity index (χ2n) is 5.53. The highest BCUT2D eigenvalue weighted by Gasteiger charge is 2.56. The Kier molecular flexibility index (Phi) is 3.05. The summed E-state index contributed by atoms with van der Waals surface area (Å²) in [6.45, 7) is 0. The van der Waals surface area contributed by atoms with E-state index in [1.165, 1.54) is 12.8 Å². The van der Waals surface area contributed by atoms with Gasteiger partial charge in [-0.3, -0.25) is 0 Å². The van der Waals surface area contributed by atoms with Crippen molar-refractivity contribution in [3.63, 3.8) is 0 Å². The maximum absolute atomic E-state index is 11.3. The molecule has 90 valence electrons. The Bertz CT molecular complexity index is 304. The van der Waals surface area contributed by atoms with Crippen LogP contribution in [0.15, 0.2) is 0 Å². The molecule has 3 nitrogen and oxygen atoms in total. The van der Waals surface area contributed by atoms with Gasteiger partial charge in [0, 0.05) is 3.92 Å². The van der Waals surface area contributed by atoms with Crippen LogP contribution in [0.5, 0.6) is 0 Å². The third kappa shape index (κ3) is 1.85. The molecule has 2 atom stereocenters. The first-order valence-electron chi connectivity index (χ1n) is 5.77. The molecular formula is C11H14I2O3. The van der Waals surface area contributed by atoms with Crippen LogP contribution in [-0.2, 0) is 7.80 Å². The van der Waals surface area contributed by atoms with Gasteiger partial charge in [-0.1, -0.05) is 22.6 Å². The molecule has 4 bridgehead atoms. The summed E-state index contributed by atoms with van der Waals surface area (Å²) in [5.74, 6) is 2.30. The molecule has 5 heteroatoms. The number of halogens is 2. The third-order valence-corrected chi connectivity index (χ3v) is 6.86. The van der Waals surface area contributed by atoms with Gasteiger partial charge in [0.15, 0.2) is 23.0 Å². The first-order chi connectivity index (χ1) is 7.62. The summed E-state index contributed by atoms with van der Waals surface area (Å²) in [6, 6.07) is 0. The minimum atomic E-state index is -0.507. The van der Waals surface area contributed by atoms with Crippen LogP contribution in [0.1, 0.15) is 32.1 Å². The highest BCUT2D eigenvalue weighted by atomic mass is 127. The Hall–Kier alpha value is 0.730. The Morgan fingerprint density at radius 3 is 2.38 bits per heavy atom. The molecule has 0 amide bonds. The van der Waals surface area contributed by atoms with Gasteiger partial charge in [-0.25, -0.2) is 4.79 Å². The number of ether oxygens (including phenoxy) is 1. The molecular weight excluding hydrogens is 434 g/mol. The van der Waals surface area contributed by atoms with Crippen molar-refractivity contribution in [2.75, 3.05) is 0 Å². The summed E-state index contributed by atoms with van der Waals surface area (Å²) >= 11 is 4.20. The largest absolute Gasteiger partial charge is 0.518 e. The zero-order chi connectivity index (χ0) is 11.3. The van der Waals surface area contributed by atoms with Gasteiger partial charge in [0.25, 0.3) is 0 Å². The van der Waals surface area contributed by atoms with Crippen molar-refractivity contribution in [2.45, 2.75) is 41.6 Å². The summed E-state index contributed by atoms with van der Waals surface area (Å²) in [7, 11) is 0. The SMILES string of the molecule is O=C(OI)OC12CC3CC(C1)C(I)C(C3)C2. The summed E-state index contributed by atoms with van der Waals surface area (Å²) in [6.07, 6.45) is 5.35. The molecule has 0 saturated heterocycles. The minimum Gasteiger partial charge on any atom is -0.427 e. The topological polar surface area (TPSA) is 35.5 Å². The van der Waals surface area contributed by atoms with Crippen molar-refractivity contribution in [1.82, 2.24) is 0 Å². The van der Waals surface area contributed by atoms with Gasteiger partial charge in [0.2, 0.25) is 0 Å². The minimum absolute atomic E-state index is 0.180. The van der Waals surface area contributed by atoms with Crippen LogP contribution in [0, 0.1) is 17.8 Å². The van der Waals surface area contributed by atoms with E-state index >= 15 is 0 Å². The molecule has 0 N–H and O–H groups in total. The van der Waals surface area contributed by atoms with Crippen LogP contribution < -0.4 is 0 Å². The Labute approximate surface area is 123 Å². The van der Waals surface area contributed by atoms with Crippen LogP contribution >= 0.6 is 45.6 Å². The molecule has 16 heavy (non-hydrogen) atoms. The molecule has 4 aliphatic carbocycles. The summed E-state index contributed by atoms with van der Waals surface area (Å²) in [4.78, 5) is 11.3. The van der Waals surface area contributed by atoms with E-state index in [1.807, 2.05) is 0 Å². The number of hydrogen-bond acceptors (Lipinski definition) is 3. The standard InChI is InChI=1S/C11H14I2O3/c12-9-7-1-6-2-8(9)5-11(3-6,4-7)15-10(14)16-13/h6-9H,1-5H2. The maximum Gasteiger partial charge on any atom is 0.518 e. The first kappa shape index (κ1) is 11.8. The molecule has 0 aliphatic heterocycles. The van der Waals surface area contributed by atoms with Gasteiger partial charge in [-0.15, -0.1) is 0 Å². The van der Waals surface area contributed by atoms with Crippen molar-refractivity contribution in [2.24, 2.45) is 17.8 Å². The van der Waals surface area contributed by atoms with Crippen LogP contribution in [-0.4, -0.2) is 15.7 Å². The fourth-order valence-electron chi connectivity index (χ4n) is 4.21. The lowest BCUT2D eigenvalue weighted by atomic mass is 9.54. The first-order valence-corrected chi connectivity index (χ1v) is 7.90. The van der Waals surface area contributed by atoms with Crippen molar-refractivity contribution < 1.29 is 12.6 Å². The summed E-state index contributed by atoms with van der Waals surface area (Å²) in [5.41, 5.74) is -0.180. The zero-order valence-corrected chi connectivity index (χ0v) is 13.1. The molecule has 4 aliphatic rings. The van der Waals surface area contributed by atoms with E-state index in [9.17, 15) is 4.79 Å². The Morgan fingerprint density at radius 1 is 1.19 bits per heavy atom. The number of alkyl halides is 1. The molecule has 0 spiro atoms. The van der Waals surface area contributed by atoms with Gasteiger partial charge < -0.3 is 7.80 Å². The average molecular weight is 448 g/mol. The van der Waals surface area contributed by atoms with E-state index in [0.717, 1.165) is 40.9 Å². The second kappa shape index (κ2) is 4.13. The van der Waals surface area contributed by atoms with Gasteiger partial charge in [-0.05, 0) is 49.9 Å². The molecule has 2 unspecified atom stereocenters. The van der Waals surface area contributed by atoms with Gasteiger partial charge in [0.05, 0.1) is 0 Å². The average Bonchev–Trinajstić information content (AvgIpc) is 2.24. The predicted octanol–water partition coefficient (Wildman–Crippen LogP) is 3.87. The quantitative estimate of drug-likeness (QED) is 0.347. The van der Waals surface area contributed by atoms with Gasteiger partial charge >= 0.3 is 6.16 Å². The lowest BCUT2D eigenvalue weighted by molar-refractivity contribution is -0.128. The van der Waals surface area contributed by atoms with Crippen LogP contribution in [0.3, 0.4) is 0 Å². The van der Waals surface area contributed by atoms with E-state index < -0.39 is 6.16 Å². The van der Waals surface area contributed by atoms with Gasteiger partial charge in [-0.2, -0.15) is 0 Å². The lowest BCUT2D eigenvalue weighted by Crippen LogP contribution is -2.56. The van der Waals surface area contributed by atoms with Crippen molar-refractivity contribution in [3.05, 3.63) is 0 Å². The molecule has 0 aromatic carbocycles. The third-order valence-electron chi connectivity index (χ3n) is 4.46. The van der Waals surface area contributed by atoms with E-state index in [1.54, 1.807) is 23.0 Å². The second-order valence-corrected chi connectivity index (χ2v) is 7.41. The maximum atomic E-state index is 11.3. The van der Waals surface area contributed by atoms with Crippen LogP contribution in [0.2, 0.25) is 0 Å². The number of hydrogen-bond donors (Lipinski definition) is 0. The molecule has 0 radical (unpaired) electrons. The predicted molar refractivity (Wildman–Crippen MR) is 75.7 cm³/mol. The van der Waals surface area contributed by atoms with Crippen LogP contribution in [0.25, 0.3) is 0 Å².